The molecular weight excluding hydrogens is 310 g/mol. The molecular formula is C14H22ClN3O2S. The Morgan fingerprint density at radius 1 is 1.38 bits per heavy atom. The molecule has 0 spiro atoms. The van der Waals surface area contributed by atoms with Crippen molar-refractivity contribution in [3.05, 3.63) is 17.3 Å². The fourth-order valence-electron chi connectivity index (χ4n) is 2.95. The fourth-order valence-corrected chi connectivity index (χ4v) is 4.47. The lowest BCUT2D eigenvalue weighted by molar-refractivity contribution is 0.226. The molecule has 21 heavy (non-hydrogen) atoms. The van der Waals surface area contributed by atoms with E-state index in [0.29, 0.717) is 11.8 Å². The first kappa shape index (κ1) is 16.5. The van der Waals surface area contributed by atoms with Crippen molar-refractivity contribution in [3.63, 3.8) is 0 Å². The number of nitrogens with one attached hydrogen (secondary N) is 1. The molecule has 1 aromatic rings. The lowest BCUT2D eigenvalue weighted by atomic mass is 9.78. The summed E-state index contributed by atoms with van der Waals surface area (Å²) in [7, 11) is -3.62. The van der Waals surface area contributed by atoms with E-state index < -0.39 is 10.0 Å². The van der Waals surface area contributed by atoms with Gasteiger partial charge in [-0.25, -0.2) is 18.1 Å². The summed E-state index contributed by atoms with van der Waals surface area (Å²) < 4.78 is 27.8. The summed E-state index contributed by atoms with van der Waals surface area (Å²) in [6.45, 7) is 4.28. The van der Waals surface area contributed by atoms with Crippen molar-refractivity contribution in [1.29, 1.82) is 0 Å². The maximum Gasteiger partial charge on any atom is 0.242 e. The number of rotatable bonds is 4. The van der Waals surface area contributed by atoms with Crippen LogP contribution in [0.3, 0.4) is 0 Å². The Bertz CT molecular complexity index is 604. The van der Waals surface area contributed by atoms with Crippen molar-refractivity contribution in [3.8, 4) is 0 Å². The largest absolute Gasteiger partial charge is 0.382 e. The minimum absolute atomic E-state index is 0.0277. The Balaban J connectivity index is 2.21. The summed E-state index contributed by atoms with van der Waals surface area (Å²) in [4.78, 5) is 3.88. The minimum atomic E-state index is -3.62. The Hall–Kier alpha value is -0.850. The highest BCUT2D eigenvalue weighted by Gasteiger charge is 2.31. The zero-order valence-corrected chi connectivity index (χ0v) is 13.9. The topological polar surface area (TPSA) is 85.1 Å². The first-order valence-corrected chi connectivity index (χ1v) is 9.10. The highest BCUT2D eigenvalue weighted by molar-refractivity contribution is 7.89. The monoisotopic (exact) mass is 331 g/mol. The van der Waals surface area contributed by atoms with Gasteiger partial charge in [-0.05, 0) is 30.7 Å². The van der Waals surface area contributed by atoms with E-state index in [0.717, 1.165) is 25.7 Å². The molecule has 5 nitrogen and oxygen atoms in total. The van der Waals surface area contributed by atoms with Gasteiger partial charge in [0.15, 0.2) is 0 Å². The van der Waals surface area contributed by atoms with Gasteiger partial charge in [-0.1, -0.05) is 38.3 Å². The molecule has 1 aliphatic carbocycles. The predicted molar refractivity (Wildman–Crippen MR) is 84.6 cm³/mol. The second-order valence-electron chi connectivity index (χ2n) is 5.96. The number of hydrogen-bond donors (Lipinski definition) is 2. The van der Waals surface area contributed by atoms with Crippen LogP contribution in [0, 0.1) is 11.8 Å². The van der Waals surface area contributed by atoms with E-state index in [-0.39, 0.29) is 21.8 Å². The molecule has 1 heterocycles. The van der Waals surface area contributed by atoms with Crippen LogP contribution in [0.5, 0.6) is 0 Å². The van der Waals surface area contributed by atoms with Crippen LogP contribution in [-0.4, -0.2) is 19.4 Å². The van der Waals surface area contributed by atoms with Gasteiger partial charge >= 0.3 is 0 Å². The van der Waals surface area contributed by atoms with Crippen LogP contribution in [0.15, 0.2) is 17.2 Å². The van der Waals surface area contributed by atoms with Crippen molar-refractivity contribution >= 4 is 27.4 Å². The summed E-state index contributed by atoms with van der Waals surface area (Å²) in [5, 5.41) is 0.155. The summed E-state index contributed by atoms with van der Waals surface area (Å²) >= 11 is 5.86. The minimum Gasteiger partial charge on any atom is -0.382 e. The predicted octanol–water partition coefficient (Wildman–Crippen LogP) is 2.81. The van der Waals surface area contributed by atoms with Gasteiger partial charge in [0.2, 0.25) is 10.0 Å². The molecule has 0 aliphatic heterocycles. The lowest BCUT2D eigenvalue weighted by Gasteiger charge is -2.34. The van der Waals surface area contributed by atoms with Gasteiger partial charge in [0.1, 0.15) is 10.7 Å². The Kier molecular flexibility index (Phi) is 5.11. The van der Waals surface area contributed by atoms with E-state index in [9.17, 15) is 8.42 Å². The average Bonchev–Trinajstić information content (AvgIpc) is 2.41. The highest BCUT2D eigenvalue weighted by Crippen LogP contribution is 2.31. The molecule has 0 amide bonds. The van der Waals surface area contributed by atoms with Crippen molar-refractivity contribution in [2.75, 3.05) is 5.73 Å². The molecule has 118 valence electrons. The zero-order chi connectivity index (χ0) is 15.6. The van der Waals surface area contributed by atoms with Gasteiger partial charge in [0.05, 0.1) is 5.02 Å². The van der Waals surface area contributed by atoms with Crippen LogP contribution in [0.2, 0.25) is 5.02 Å². The van der Waals surface area contributed by atoms with Crippen LogP contribution in [0.1, 0.15) is 39.5 Å². The number of aromatic nitrogens is 1. The quantitative estimate of drug-likeness (QED) is 0.888. The molecule has 1 saturated carbocycles. The highest BCUT2D eigenvalue weighted by atomic mass is 35.5. The summed E-state index contributed by atoms with van der Waals surface area (Å²) in [5.74, 6) is 0.949. The fraction of sp³-hybridized carbons (Fsp3) is 0.643. The summed E-state index contributed by atoms with van der Waals surface area (Å²) in [6.07, 6.45) is 5.40. The number of halogens is 1. The summed E-state index contributed by atoms with van der Waals surface area (Å²) in [5.41, 5.74) is 5.52. The van der Waals surface area contributed by atoms with Crippen molar-refractivity contribution in [1.82, 2.24) is 9.71 Å². The van der Waals surface area contributed by atoms with E-state index in [1.807, 2.05) is 0 Å². The van der Waals surface area contributed by atoms with Crippen molar-refractivity contribution in [2.45, 2.75) is 50.5 Å². The molecule has 2 unspecified atom stereocenters. The molecule has 0 saturated heterocycles. The first-order chi connectivity index (χ1) is 9.81. The van der Waals surface area contributed by atoms with Gasteiger partial charge in [0, 0.05) is 12.2 Å². The molecule has 1 aromatic heterocycles. The normalized spacial score (nSPS) is 23.4. The second kappa shape index (κ2) is 6.50. The molecule has 1 fully saturated rings. The van der Waals surface area contributed by atoms with E-state index in [4.69, 9.17) is 17.3 Å². The van der Waals surface area contributed by atoms with E-state index in [1.54, 1.807) is 0 Å². The average molecular weight is 332 g/mol. The number of nitrogens with two attached hydrogens (primary N) is 1. The van der Waals surface area contributed by atoms with E-state index in [2.05, 4.69) is 23.6 Å². The third kappa shape index (κ3) is 3.87. The zero-order valence-electron chi connectivity index (χ0n) is 12.3. The maximum atomic E-state index is 12.5. The molecule has 0 aromatic carbocycles. The number of pyridine rings is 1. The van der Waals surface area contributed by atoms with Crippen LogP contribution >= 0.6 is 11.6 Å². The molecule has 3 N–H and O–H groups in total. The van der Waals surface area contributed by atoms with Crippen molar-refractivity contribution in [2.24, 2.45) is 11.8 Å². The Labute approximate surface area is 131 Å². The summed E-state index contributed by atoms with van der Waals surface area (Å²) in [6, 6.07) is 1.32. The Morgan fingerprint density at radius 2 is 2.05 bits per heavy atom. The number of nitrogens with zero attached hydrogens (tertiary/aromatic N) is 1. The number of sulfonamides is 1. The Morgan fingerprint density at radius 3 is 2.67 bits per heavy atom. The van der Waals surface area contributed by atoms with Crippen LogP contribution in [0.4, 0.5) is 5.82 Å². The van der Waals surface area contributed by atoms with E-state index >= 15 is 0 Å². The molecule has 0 bridgehead atoms. The van der Waals surface area contributed by atoms with Gasteiger partial charge in [-0.2, -0.15) is 0 Å². The molecule has 2 rings (SSSR count). The van der Waals surface area contributed by atoms with Gasteiger partial charge in [0.25, 0.3) is 0 Å². The lowest BCUT2D eigenvalue weighted by Crippen LogP contribution is -2.43. The third-order valence-corrected chi connectivity index (χ3v) is 5.90. The molecule has 7 heteroatoms. The van der Waals surface area contributed by atoms with Gasteiger partial charge < -0.3 is 5.73 Å². The van der Waals surface area contributed by atoms with Crippen LogP contribution in [-0.2, 0) is 10.0 Å². The van der Waals surface area contributed by atoms with E-state index in [1.165, 1.54) is 12.3 Å². The smallest absolute Gasteiger partial charge is 0.242 e. The number of hydrogen-bond acceptors (Lipinski definition) is 4. The van der Waals surface area contributed by atoms with Crippen molar-refractivity contribution < 1.29 is 8.42 Å². The third-order valence-electron chi connectivity index (χ3n) is 4.14. The van der Waals surface area contributed by atoms with Gasteiger partial charge in [-0.3, -0.25) is 0 Å². The van der Waals surface area contributed by atoms with Crippen LogP contribution in [0.25, 0.3) is 0 Å². The number of anilines is 1. The van der Waals surface area contributed by atoms with Gasteiger partial charge in [-0.15, -0.1) is 0 Å². The molecule has 1 aliphatic rings. The second-order valence-corrected chi connectivity index (χ2v) is 8.08. The standard InChI is InChI=1S/C14H22ClN3O2S/c1-9(2)11-5-3-4-6-13(11)18-21(19,20)10-7-12(15)14(16)17-8-10/h7-9,11,13,18H,3-6H2,1-2H3,(H2,16,17). The van der Waals surface area contributed by atoms with Crippen LogP contribution < -0.4 is 10.5 Å². The molecule has 0 radical (unpaired) electrons. The number of nitrogen functional groups attached to an aromatic ring is 1. The SMILES string of the molecule is CC(C)C1CCCCC1NS(=O)(=O)c1cnc(N)c(Cl)c1. The maximum absolute atomic E-state index is 12.5. The molecule has 2 atom stereocenters. The first-order valence-electron chi connectivity index (χ1n) is 7.24.